The molecule has 1 aliphatic rings. The number of hydrogen-bond donors (Lipinski definition) is 0. The van der Waals surface area contributed by atoms with Gasteiger partial charge in [-0.3, -0.25) is 4.79 Å². The summed E-state index contributed by atoms with van der Waals surface area (Å²) in [5.74, 6) is 1.81. The minimum absolute atomic E-state index is 0.0772. The molecule has 1 aliphatic heterocycles. The summed E-state index contributed by atoms with van der Waals surface area (Å²) < 4.78 is 10.5. The number of ether oxygens (including phenoxy) is 1. The standard InChI is InChI=1S/C19H14N2O3S/c1-12-20-18(21-24-12)11-23-14-8-6-13(7-9-14)10-17-19(22)15-4-2-3-5-16(15)25-17/h2-10H,11H2,1H3/b17-10-. The van der Waals surface area contributed by atoms with Crippen LogP contribution in [0.15, 0.2) is 62.9 Å². The molecule has 0 amide bonds. The number of aryl methyl sites for hydroxylation is 1. The number of fused-ring (bicyclic) bond motifs is 1. The van der Waals surface area contributed by atoms with Crippen molar-refractivity contribution >= 4 is 23.6 Å². The quantitative estimate of drug-likeness (QED) is 0.654. The van der Waals surface area contributed by atoms with Crippen LogP contribution in [0.5, 0.6) is 5.75 Å². The zero-order valence-electron chi connectivity index (χ0n) is 13.4. The second-order valence-corrected chi connectivity index (χ2v) is 6.61. The van der Waals surface area contributed by atoms with Gasteiger partial charge in [-0.05, 0) is 35.9 Å². The first kappa shape index (κ1) is 15.7. The van der Waals surface area contributed by atoms with E-state index in [1.54, 1.807) is 6.92 Å². The Kier molecular flexibility index (Phi) is 4.11. The lowest BCUT2D eigenvalue weighted by molar-refractivity contribution is 0.104. The van der Waals surface area contributed by atoms with E-state index in [-0.39, 0.29) is 12.4 Å². The molecule has 124 valence electrons. The van der Waals surface area contributed by atoms with Gasteiger partial charge < -0.3 is 9.26 Å². The lowest BCUT2D eigenvalue weighted by Gasteiger charge is -2.03. The molecule has 25 heavy (non-hydrogen) atoms. The molecular formula is C19H14N2O3S. The van der Waals surface area contributed by atoms with Crippen LogP contribution in [-0.2, 0) is 6.61 Å². The van der Waals surface area contributed by atoms with Crippen LogP contribution in [0.2, 0.25) is 0 Å². The minimum Gasteiger partial charge on any atom is -0.485 e. The summed E-state index contributed by atoms with van der Waals surface area (Å²) in [5, 5.41) is 3.78. The molecule has 0 saturated carbocycles. The van der Waals surface area contributed by atoms with Crippen LogP contribution in [0.1, 0.15) is 27.6 Å². The van der Waals surface area contributed by atoms with Crippen molar-refractivity contribution in [3.05, 3.63) is 76.3 Å². The summed E-state index contributed by atoms with van der Waals surface area (Å²) in [6.07, 6.45) is 1.90. The number of Topliss-reactive ketones (excluding diaryl/α,β-unsaturated/α-hetero) is 1. The number of carbonyl (C=O) groups excluding carboxylic acids is 1. The summed E-state index contributed by atoms with van der Waals surface area (Å²) in [6, 6.07) is 15.2. The third-order valence-corrected chi connectivity index (χ3v) is 4.79. The topological polar surface area (TPSA) is 65.2 Å². The SMILES string of the molecule is Cc1nc(COc2ccc(/C=C3\Sc4ccccc4C3=O)cc2)no1. The van der Waals surface area contributed by atoms with Crippen molar-refractivity contribution < 1.29 is 14.1 Å². The molecule has 0 spiro atoms. The molecule has 0 unspecified atom stereocenters. The highest BCUT2D eigenvalue weighted by molar-refractivity contribution is 8.04. The average molecular weight is 350 g/mol. The second-order valence-electron chi connectivity index (χ2n) is 5.52. The molecule has 2 heterocycles. The van der Waals surface area contributed by atoms with Crippen molar-refractivity contribution in [2.45, 2.75) is 18.4 Å². The largest absolute Gasteiger partial charge is 0.485 e. The molecule has 5 nitrogen and oxygen atoms in total. The number of ketones is 1. The lowest BCUT2D eigenvalue weighted by atomic mass is 10.1. The summed E-state index contributed by atoms with van der Waals surface area (Å²) in [5.41, 5.74) is 1.72. The van der Waals surface area contributed by atoms with Crippen LogP contribution >= 0.6 is 11.8 Å². The fourth-order valence-electron chi connectivity index (χ4n) is 2.50. The third-order valence-electron chi connectivity index (χ3n) is 3.69. The van der Waals surface area contributed by atoms with E-state index in [4.69, 9.17) is 9.26 Å². The Balaban J connectivity index is 1.45. The van der Waals surface area contributed by atoms with Gasteiger partial charge in [-0.25, -0.2) is 0 Å². The minimum atomic E-state index is 0.0772. The number of allylic oxidation sites excluding steroid dienone is 1. The molecule has 0 radical (unpaired) electrons. The Labute approximate surface area is 148 Å². The van der Waals surface area contributed by atoms with Crippen LogP contribution in [0.3, 0.4) is 0 Å². The van der Waals surface area contributed by atoms with Crippen molar-refractivity contribution in [2.75, 3.05) is 0 Å². The number of benzene rings is 2. The third kappa shape index (κ3) is 3.34. The van der Waals surface area contributed by atoms with Crippen molar-refractivity contribution in [1.82, 2.24) is 10.1 Å². The molecule has 0 bridgehead atoms. The molecule has 0 N–H and O–H groups in total. The number of carbonyl (C=O) groups is 1. The highest BCUT2D eigenvalue weighted by Crippen LogP contribution is 2.40. The molecule has 3 aromatic rings. The van der Waals surface area contributed by atoms with Gasteiger partial charge in [0.25, 0.3) is 0 Å². The van der Waals surface area contributed by atoms with Crippen molar-refractivity contribution in [1.29, 1.82) is 0 Å². The molecule has 2 aromatic carbocycles. The molecule has 1 aromatic heterocycles. The number of rotatable bonds is 4. The van der Waals surface area contributed by atoms with Crippen LogP contribution in [-0.4, -0.2) is 15.9 Å². The van der Waals surface area contributed by atoms with Crippen molar-refractivity contribution in [2.24, 2.45) is 0 Å². The number of aromatic nitrogens is 2. The van der Waals surface area contributed by atoms with Gasteiger partial charge in [0.05, 0.1) is 4.91 Å². The number of nitrogens with zero attached hydrogens (tertiary/aromatic N) is 2. The smallest absolute Gasteiger partial charge is 0.223 e. The van der Waals surface area contributed by atoms with E-state index in [1.165, 1.54) is 11.8 Å². The zero-order chi connectivity index (χ0) is 17.2. The maximum absolute atomic E-state index is 12.4. The van der Waals surface area contributed by atoms with Crippen LogP contribution in [0.25, 0.3) is 6.08 Å². The van der Waals surface area contributed by atoms with Crippen LogP contribution in [0, 0.1) is 6.92 Å². The van der Waals surface area contributed by atoms with Gasteiger partial charge in [-0.2, -0.15) is 4.98 Å². The predicted molar refractivity (Wildman–Crippen MR) is 94.4 cm³/mol. The Bertz CT molecular complexity index is 961. The summed E-state index contributed by atoms with van der Waals surface area (Å²) in [6.45, 7) is 1.99. The van der Waals surface area contributed by atoms with Crippen molar-refractivity contribution in [3.63, 3.8) is 0 Å². The van der Waals surface area contributed by atoms with Gasteiger partial charge in [0.2, 0.25) is 17.5 Å². The molecular weight excluding hydrogens is 336 g/mol. The number of hydrogen-bond acceptors (Lipinski definition) is 6. The Morgan fingerprint density at radius 1 is 1.16 bits per heavy atom. The van der Waals surface area contributed by atoms with Gasteiger partial charge in [0.1, 0.15) is 5.75 Å². The average Bonchev–Trinajstić information content (AvgIpc) is 3.18. The van der Waals surface area contributed by atoms with E-state index in [0.717, 1.165) is 20.9 Å². The zero-order valence-corrected chi connectivity index (χ0v) is 14.2. The maximum atomic E-state index is 12.4. The predicted octanol–water partition coefficient (Wildman–Crippen LogP) is 4.29. The van der Waals surface area contributed by atoms with Crippen LogP contribution < -0.4 is 4.74 Å². The second kappa shape index (κ2) is 6.57. The molecule has 0 saturated heterocycles. The van der Waals surface area contributed by atoms with Gasteiger partial charge in [0, 0.05) is 17.4 Å². The van der Waals surface area contributed by atoms with E-state index in [1.807, 2.05) is 54.6 Å². The molecule has 0 fully saturated rings. The monoisotopic (exact) mass is 350 g/mol. The van der Waals surface area contributed by atoms with E-state index < -0.39 is 0 Å². The van der Waals surface area contributed by atoms with E-state index in [9.17, 15) is 4.79 Å². The van der Waals surface area contributed by atoms with Gasteiger partial charge >= 0.3 is 0 Å². The van der Waals surface area contributed by atoms with Crippen molar-refractivity contribution in [3.8, 4) is 5.75 Å². The first-order chi connectivity index (χ1) is 12.2. The molecule has 4 rings (SSSR count). The van der Waals surface area contributed by atoms with Gasteiger partial charge in [-0.1, -0.05) is 41.2 Å². The lowest BCUT2D eigenvalue weighted by Crippen LogP contribution is -1.97. The van der Waals surface area contributed by atoms with E-state index >= 15 is 0 Å². The Hall–Kier alpha value is -2.86. The fraction of sp³-hybridized carbons (Fsp3) is 0.105. The summed E-state index contributed by atoms with van der Waals surface area (Å²) >= 11 is 1.51. The fourth-order valence-corrected chi connectivity index (χ4v) is 3.55. The normalized spacial score (nSPS) is 14.8. The number of thioether (sulfide) groups is 1. The first-order valence-electron chi connectivity index (χ1n) is 7.74. The van der Waals surface area contributed by atoms with E-state index in [0.29, 0.717) is 17.5 Å². The van der Waals surface area contributed by atoms with Crippen LogP contribution in [0.4, 0.5) is 0 Å². The Morgan fingerprint density at radius 2 is 1.96 bits per heavy atom. The highest BCUT2D eigenvalue weighted by Gasteiger charge is 2.24. The first-order valence-corrected chi connectivity index (χ1v) is 8.56. The molecule has 0 aliphatic carbocycles. The summed E-state index contributed by atoms with van der Waals surface area (Å²) in [7, 11) is 0. The molecule has 0 atom stereocenters. The molecule has 6 heteroatoms. The Morgan fingerprint density at radius 3 is 2.68 bits per heavy atom. The maximum Gasteiger partial charge on any atom is 0.223 e. The van der Waals surface area contributed by atoms with E-state index in [2.05, 4.69) is 10.1 Å². The van der Waals surface area contributed by atoms with Gasteiger partial charge in [-0.15, -0.1) is 0 Å². The summed E-state index contributed by atoms with van der Waals surface area (Å²) in [4.78, 5) is 18.2. The van der Waals surface area contributed by atoms with Gasteiger partial charge in [0.15, 0.2) is 6.61 Å². The highest BCUT2D eigenvalue weighted by atomic mass is 32.2.